The fourth-order valence-corrected chi connectivity index (χ4v) is 6.52. The topological polar surface area (TPSA) is 111 Å². The number of halogens is 1. The summed E-state index contributed by atoms with van der Waals surface area (Å²) in [4.78, 5) is 30.8. The minimum atomic E-state index is -3.70. The fraction of sp³-hybridized carbons (Fsp3) is 0.429. The van der Waals surface area contributed by atoms with Crippen LogP contribution in [-0.4, -0.2) is 67.3 Å². The van der Waals surface area contributed by atoms with Crippen LogP contribution in [0, 0.1) is 6.92 Å². The van der Waals surface area contributed by atoms with Crippen LogP contribution in [0.1, 0.15) is 54.7 Å². The fourth-order valence-electron chi connectivity index (χ4n) is 4.89. The molecule has 0 radical (unpaired) electrons. The second-order valence-electron chi connectivity index (χ2n) is 9.69. The van der Waals surface area contributed by atoms with Crippen molar-refractivity contribution in [3.63, 3.8) is 0 Å². The monoisotopic (exact) mass is 542 g/mol. The molecule has 8 nitrogen and oxygen atoms in total. The number of hydrogen-bond donors (Lipinski definition) is 3. The zero-order valence-corrected chi connectivity index (χ0v) is 22.9. The number of H-pyrrole nitrogens is 1. The predicted octanol–water partition coefficient (Wildman–Crippen LogP) is 3.48. The Morgan fingerprint density at radius 1 is 1.29 bits per heavy atom. The number of allylic oxidation sites excluding steroid dienone is 5. The molecule has 2 aliphatic carbocycles. The quantitative estimate of drug-likeness (QED) is 0.392. The maximum Gasteiger partial charge on any atom is 0.256 e. The molecular weight excluding hydrogens is 507 g/mol. The number of rotatable bonds is 10. The van der Waals surface area contributed by atoms with E-state index in [0.29, 0.717) is 46.6 Å². The zero-order chi connectivity index (χ0) is 27.4. The summed E-state index contributed by atoms with van der Waals surface area (Å²) in [6.45, 7) is 9.06. The van der Waals surface area contributed by atoms with E-state index in [-0.39, 0.29) is 41.8 Å². The van der Waals surface area contributed by atoms with Gasteiger partial charge >= 0.3 is 0 Å². The van der Waals surface area contributed by atoms with Gasteiger partial charge in [-0.05, 0) is 50.1 Å². The Labute approximate surface area is 223 Å². The number of likely N-dealkylation sites (N-methyl/N-ethyl adjacent to an activating group) is 1. The average molecular weight is 543 g/mol. The number of hydrogen-bond acceptors (Lipinski definition) is 5. The number of fused-ring (bicyclic) bond motifs is 1. The van der Waals surface area contributed by atoms with Crippen molar-refractivity contribution in [1.82, 2.24) is 20.5 Å². The molecule has 1 aliphatic heterocycles. The van der Waals surface area contributed by atoms with E-state index in [1.807, 2.05) is 0 Å². The van der Waals surface area contributed by atoms with Crippen LogP contribution in [0.3, 0.4) is 0 Å². The van der Waals surface area contributed by atoms with Crippen LogP contribution < -0.4 is 10.6 Å². The number of amides is 2. The summed E-state index contributed by atoms with van der Waals surface area (Å²) in [7, 11) is -3.70. The molecule has 3 aliphatic rings. The van der Waals surface area contributed by atoms with Crippen molar-refractivity contribution in [2.45, 2.75) is 45.3 Å². The number of carbonyl (C=O) groups is 2. The van der Waals surface area contributed by atoms with Crippen LogP contribution in [0.2, 0.25) is 0 Å². The van der Waals surface area contributed by atoms with E-state index in [1.165, 1.54) is 0 Å². The van der Waals surface area contributed by atoms with E-state index in [1.54, 1.807) is 43.5 Å². The lowest BCUT2D eigenvalue weighted by Crippen LogP contribution is -2.34. The van der Waals surface area contributed by atoms with Gasteiger partial charge in [0.05, 0.1) is 22.1 Å². The first-order chi connectivity index (χ1) is 18.1. The van der Waals surface area contributed by atoms with Gasteiger partial charge in [0.15, 0.2) is 9.84 Å². The maximum atomic E-state index is 14.2. The molecule has 1 saturated heterocycles. The van der Waals surface area contributed by atoms with Crippen molar-refractivity contribution in [2.75, 3.05) is 31.9 Å². The molecule has 1 aromatic heterocycles. The molecule has 0 bridgehead atoms. The molecule has 38 heavy (non-hydrogen) atoms. The number of sulfone groups is 1. The molecule has 2 heterocycles. The van der Waals surface area contributed by atoms with Crippen LogP contribution >= 0.6 is 0 Å². The maximum absolute atomic E-state index is 14.2. The van der Waals surface area contributed by atoms with Gasteiger partial charge in [0.1, 0.15) is 5.83 Å². The third-order valence-corrected chi connectivity index (χ3v) is 9.28. The normalized spacial score (nSPS) is 20.5. The van der Waals surface area contributed by atoms with Gasteiger partial charge in [-0.25, -0.2) is 12.8 Å². The van der Waals surface area contributed by atoms with Crippen molar-refractivity contribution in [3.05, 3.63) is 75.6 Å². The first-order valence-electron chi connectivity index (χ1n) is 13.0. The Morgan fingerprint density at radius 2 is 2.05 bits per heavy atom. The third kappa shape index (κ3) is 5.91. The van der Waals surface area contributed by atoms with Crippen molar-refractivity contribution >= 4 is 27.7 Å². The largest absolute Gasteiger partial charge is 0.361 e. The molecule has 1 unspecified atom stereocenters. The van der Waals surface area contributed by atoms with Crippen LogP contribution in [0.4, 0.5) is 4.39 Å². The smallest absolute Gasteiger partial charge is 0.256 e. The van der Waals surface area contributed by atoms with Gasteiger partial charge in [0, 0.05) is 42.7 Å². The molecule has 204 valence electrons. The van der Waals surface area contributed by atoms with Crippen molar-refractivity contribution < 1.29 is 22.4 Å². The van der Waals surface area contributed by atoms with E-state index in [0.717, 1.165) is 19.6 Å². The molecular formula is C28H35FN4O4S. The van der Waals surface area contributed by atoms with Crippen LogP contribution in [0.5, 0.6) is 0 Å². The van der Waals surface area contributed by atoms with Gasteiger partial charge in [-0.2, -0.15) is 0 Å². The number of aromatic nitrogens is 1. The standard InChI is InChI=1S/C28H35FN4O4S/c1-4-33(5-2)13-12-30-27(34)23-16-31-26(18(23)3)15-22-21-14-20(10-11-25(21)32-28(22)35)38(36,37)17-19-8-6-7-9-24(19)29/h6,8,11,14-16,20,31H,4-5,7,9-10,12-13,17H2,1-3H3,(H,30,34)(H,32,35). The SMILES string of the molecule is CCN(CC)CCNC(=O)c1c[nH]c(C=C2C(=O)NC3=CCC(S(=O)(=O)CC4=C(F)CCC=C4)C=C32)c1C. The highest BCUT2D eigenvalue weighted by Gasteiger charge is 2.35. The second kappa shape index (κ2) is 11.7. The summed E-state index contributed by atoms with van der Waals surface area (Å²) in [5.74, 6) is -1.31. The number of nitrogens with zero attached hydrogens (tertiary/aromatic N) is 1. The summed E-state index contributed by atoms with van der Waals surface area (Å²) in [5.41, 5.74) is 3.35. The van der Waals surface area contributed by atoms with E-state index in [9.17, 15) is 22.4 Å². The van der Waals surface area contributed by atoms with Crippen molar-refractivity contribution in [2.24, 2.45) is 0 Å². The van der Waals surface area contributed by atoms with Gasteiger partial charge in [0.25, 0.3) is 11.8 Å². The molecule has 0 aromatic carbocycles. The Kier molecular flexibility index (Phi) is 8.52. The molecule has 0 spiro atoms. The van der Waals surface area contributed by atoms with Crippen LogP contribution in [0.25, 0.3) is 6.08 Å². The molecule has 2 amide bonds. The Hall–Kier alpha value is -3.24. The molecule has 3 N–H and O–H groups in total. The van der Waals surface area contributed by atoms with Gasteiger partial charge in [-0.3, -0.25) is 9.59 Å². The lowest BCUT2D eigenvalue weighted by atomic mass is 9.98. The van der Waals surface area contributed by atoms with Crippen LogP contribution in [-0.2, 0) is 14.6 Å². The number of carbonyl (C=O) groups excluding carboxylic acids is 2. The predicted molar refractivity (Wildman–Crippen MR) is 147 cm³/mol. The second-order valence-corrected chi connectivity index (χ2v) is 11.9. The summed E-state index contributed by atoms with van der Waals surface area (Å²) < 4.78 is 40.5. The highest BCUT2D eigenvalue weighted by molar-refractivity contribution is 7.92. The average Bonchev–Trinajstić information content (AvgIpc) is 3.41. The lowest BCUT2D eigenvalue weighted by molar-refractivity contribution is -0.115. The van der Waals surface area contributed by atoms with Crippen molar-refractivity contribution in [3.8, 4) is 0 Å². The molecule has 4 rings (SSSR count). The highest BCUT2D eigenvalue weighted by atomic mass is 32.2. The molecule has 1 fully saturated rings. The molecule has 1 aromatic rings. The summed E-state index contributed by atoms with van der Waals surface area (Å²) in [6, 6.07) is 0. The van der Waals surface area contributed by atoms with Crippen molar-refractivity contribution in [1.29, 1.82) is 0 Å². The van der Waals surface area contributed by atoms with Gasteiger partial charge in [-0.15, -0.1) is 0 Å². The van der Waals surface area contributed by atoms with E-state index < -0.39 is 15.1 Å². The van der Waals surface area contributed by atoms with E-state index >= 15 is 0 Å². The first kappa shape index (κ1) is 27.8. The number of aromatic amines is 1. The van der Waals surface area contributed by atoms with Crippen LogP contribution in [0.15, 0.2) is 58.7 Å². The number of nitrogens with one attached hydrogen (secondary N) is 3. The minimum absolute atomic E-state index is 0.200. The minimum Gasteiger partial charge on any atom is -0.361 e. The first-order valence-corrected chi connectivity index (χ1v) is 14.8. The third-order valence-electron chi connectivity index (χ3n) is 7.32. The Bertz CT molecular complexity index is 1380. The summed E-state index contributed by atoms with van der Waals surface area (Å²) >= 11 is 0. The molecule has 10 heteroatoms. The molecule has 0 saturated carbocycles. The Balaban J connectivity index is 1.53. The molecule has 1 atom stereocenters. The van der Waals surface area contributed by atoms with Gasteiger partial charge in [0.2, 0.25) is 0 Å². The summed E-state index contributed by atoms with van der Waals surface area (Å²) in [5, 5.41) is 4.86. The van der Waals surface area contributed by atoms with Gasteiger partial charge < -0.3 is 20.5 Å². The zero-order valence-electron chi connectivity index (χ0n) is 22.1. The summed E-state index contributed by atoms with van der Waals surface area (Å²) in [6.07, 6.45) is 10.8. The Morgan fingerprint density at radius 3 is 2.76 bits per heavy atom. The highest BCUT2D eigenvalue weighted by Crippen LogP contribution is 2.34. The lowest BCUT2D eigenvalue weighted by Gasteiger charge is -2.19. The van der Waals surface area contributed by atoms with E-state index in [2.05, 4.69) is 34.4 Å². The van der Waals surface area contributed by atoms with Gasteiger partial charge in [-0.1, -0.05) is 38.2 Å². The van der Waals surface area contributed by atoms with E-state index in [4.69, 9.17) is 0 Å².